The zero-order valence-electron chi connectivity index (χ0n) is 8.17. The Morgan fingerprint density at radius 3 is 2.00 bits per heavy atom. The summed E-state index contributed by atoms with van der Waals surface area (Å²) in [6.07, 6.45) is 3.93. The molecule has 0 amide bonds. The highest BCUT2D eigenvalue weighted by atomic mass is 16.3. The Bertz CT molecular complexity index is 289. The van der Waals surface area contributed by atoms with Gasteiger partial charge in [-0.2, -0.15) is 9.81 Å². The third-order valence-corrected chi connectivity index (χ3v) is 2.37. The number of nitroso groups, excluding NO2 is 4. The van der Waals surface area contributed by atoms with Crippen LogP contribution in [0.15, 0.2) is 32.9 Å². The smallest absolute Gasteiger partial charge is 0.150 e. The summed E-state index contributed by atoms with van der Waals surface area (Å²) in [6.45, 7) is 0. The van der Waals surface area contributed by atoms with Gasteiger partial charge in [0.05, 0.1) is 0 Å². The van der Waals surface area contributed by atoms with Gasteiger partial charge in [0.15, 0.2) is 12.1 Å². The van der Waals surface area contributed by atoms with E-state index in [1.165, 1.54) is 18.6 Å². The van der Waals surface area contributed by atoms with Gasteiger partial charge in [-0.05, 0) is 5.18 Å². The fourth-order valence-corrected chi connectivity index (χ4v) is 1.44. The Morgan fingerprint density at radius 1 is 0.875 bits per heavy atom. The quantitative estimate of drug-likeness (QED) is 0.410. The molecule has 84 valence electrons. The predicted molar refractivity (Wildman–Crippen MR) is 56.4 cm³/mol. The van der Waals surface area contributed by atoms with Crippen molar-refractivity contribution in [2.45, 2.75) is 30.6 Å². The molecule has 16 heavy (non-hydrogen) atoms. The van der Waals surface area contributed by atoms with Gasteiger partial charge in [0.1, 0.15) is 18.9 Å². The van der Waals surface area contributed by atoms with Crippen molar-refractivity contribution in [1.29, 1.82) is 0 Å². The maximum atomic E-state index is 10.4. The molecular formula is C8H9N4O4+. The van der Waals surface area contributed by atoms with Gasteiger partial charge in [-0.3, -0.25) is 0 Å². The molecule has 0 aromatic carbocycles. The van der Waals surface area contributed by atoms with Crippen LogP contribution < -0.4 is 0 Å². The van der Waals surface area contributed by atoms with Crippen LogP contribution >= 0.6 is 0 Å². The molecule has 0 heterocycles. The molecule has 1 aliphatic rings. The van der Waals surface area contributed by atoms with Crippen LogP contribution in [0.1, 0.15) is 6.42 Å². The van der Waals surface area contributed by atoms with E-state index in [0.717, 1.165) is 0 Å². The van der Waals surface area contributed by atoms with Crippen molar-refractivity contribution >= 4 is 0 Å². The summed E-state index contributed by atoms with van der Waals surface area (Å²) in [6, 6.07) is -3.71. The molecule has 0 bridgehead atoms. The van der Waals surface area contributed by atoms with Gasteiger partial charge in [0.2, 0.25) is 0 Å². The highest BCUT2D eigenvalue weighted by Crippen LogP contribution is 2.21. The molecule has 0 aromatic rings. The molecule has 0 unspecified atom stereocenters. The lowest BCUT2D eigenvalue weighted by Gasteiger charge is -2.13. The fourth-order valence-electron chi connectivity index (χ4n) is 1.44. The summed E-state index contributed by atoms with van der Waals surface area (Å²) in [4.78, 5) is 41.7. The zero-order chi connectivity index (χ0) is 12.0. The Morgan fingerprint density at radius 2 is 1.50 bits per heavy atom. The first kappa shape index (κ1) is 12.1. The molecule has 8 nitrogen and oxygen atoms in total. The van der Waals surface area contributed by atoms with E-state index < -0.39 is 24.2 Å². The van der Waals surface area contributed by atoms with E-state index in [1.54, 1.807) is 0 Å². The molecule has 8 heteroatoms. The van der Waals surface area contributed by atoms with Crippen molar-refractivity contribution in [3.05, 3.63) is 38.2 Å². The van der Waals surface area contributed by atoms with Gasteiger partial charge in [0, 0.05) is 0 Å². The largest absolute Gasteiger partial charge is 0.255 e. The molecule has 0 aromatic heterocycles. The summed E-state index contributed by atoms with van der Waals surface area (Å²) in [7, 11) is 0. The second-order valence-corrected chi connectivity index (χ2v) is 3.32. The van der Waals surface area contributed by atoms with Gasteiger partial charge in [-0.25, -0.2) is 0 Å². The summed E-state index contributed by atoms with van der Waals surface area (Å²) in [5.41, 5.74) is 0. The van der Waals surface area contributed by atoms with E-state index in [4.69, 9.17) is 0 Å². The Balaban J connectivity index is 2.92. The number of rotatable bonds is 4. The van der Waals surface area contributed by atoms with E-state index in [-0.39, 0.29) is 6.42 Å². The second kappa shape index (κ2) is 5.79. The lowest BCUT2D eigenvalue weighted by atomic mass is 9.93. The van der Waals surface area contributed by atoms with Crippen LogP contribution in [0.4, 0.5) is 0 Å². The minimum Gasteiger partial charge on any atom is -0.150 e. The minimum absolute atomic E-state index is 0.0622. The van der Waals surface area contributed by atoms with Crippen molar-refractivity contribution in [2.75, 3.05) is 0 Å². The second-order valence-electron chi connectivity index (χ2n) is 3.32. The molecule has 4 atom stereocenters. The van der Waals surface area contributed by atoms with E-state index in [9.17, 15) is 19.6 Å². The summed E-state index contributed by atoms with van der Waals surface area (Å²) in [5, 5.41) is 10.9. The first-order chi connectivity index (χ1) is 7.76. The maximum Gasteiger partial charge on any atom is 0.255 e. The van der Waals surface area contributed by atoms with E-state index >= 15 is 0 Å². The molecule has 0 radical (unpaired) electrons. The van der Waals surface area contributed by atoms with Crippen molar-refractivity contribution in [3.8, 4) is 0 Å². The van der Waals surface area contributed by atoms with Crippen molar-refractivity contribution in [1.82, 2.24) is 0 Å². The third kappa shape index (κ3) is 2.53. The number of nitrogens with zero attached hydrogens (tertiary/aromatic N) is 4. The molecule has 0 aliphatic heterocycles. The maximum absolute atomic E-state index is 10.4. The summed E-state index contributed by atoms with van der Waals surface area (Å²) < 4.78 is 0. The van der Waals surface area contributed by atoms with Gasteiger partial charge in [-0.15, -0.1) is 9.81 Å². The summed E-state index contributed by atoms with van der Waals surface area (Å²) >= 11 is 0. The number of hydrogen-bond acceptors (Lipinski definition) is 8. The van der Waals surface area contributed by atoms with Crippen molar-refractivity contribution in [3.63, 3.8) is 0 Å². The zero-order valence-corrected chi connectivity index (χ0v) is 8.17. The normalized spacial score (nSPS) is 34.0. The Labute approximate surface area is 90.4 Å². The van der Waals surface area contributed by atoms with E-state index in [1.807, 2.05) is 0 Å². The van der Waals surface area contributed by atoms with Crippen LogP contribution in [-0.4, -0.2) is 24.2 Å². The predicted octanol–water partition coefficient (Wildman–Crippen LogP) is 1.69. The molecule has 1 aliphatic carbocycles. The summed E-state index contributed by atoms with van der Waals surface area (Å²) in [5.74, 6) is 0. The highest BCUT2D eigenvalue weighted by Gasteiger charge is 2.36. The standard InChI is InChI=1S/C8H9N4O4/c13-9-5-1-2-6(10-14)8(12-16)4-3-7(5)11-15/h1-3,5-8H,4H2/q+1/t5-,6-,7-,8-/m1/s1. The van der Waals surface area contributed by atoms with Crippen molar-refractivity contribution < 1.29 is 0 Å². The average Bonchev–Trinajstić information content (AvgIpc) is 2.30. The highest BCUT2D eigenvalue weighted by molar-refractivity contribution is 5.13. The fraction of sp³-hybridized carbons (Fsp3) is 0.625. The van der Waals surface area contributed by atoms with Crippen LogP contribution in [0.5, 0.6) is 0 Å². The van der Waals surface area contributed by atoms with Crippen LogP contribution in [0, 0.1) is 26.0 Å². The van der Waals surface area contributed by atoms with Crippen LogP contribution in [0.3, 0.4) is 0 Å². The number of hydrogen-bond donors (Lipinski definition) is 0. The van der Waals surface area contributed by atoms with E-state index in [0.29, 0.717) is 0 Å². The van der Waals surface area contributed by atoms with Crippen molar-refractivity contribution in [2.24, 2.45) is 20.7 Å². The molecule has 0 saturated carbocycles. The topological polar surface area (TPSA) is 118 Å². The van der Waals surface area contributed by atoms with Gasteiger partial charge in [-0.1, -0.05) is 27.7 Å². The third-order valence-electron chi connectivity index (χ3n) is 2.37. The van der Waals surface area contributed by atoms with Gasteiger partial charge in [0.25, 0.3) is 6.04 Å². The first-order valence-corrected chi connectivity index (χ1v) is 4.58. The first-order valence-electron chi connectivity index (χ1n) is 4.58. The molecule has 0 fully saturated rings. The molecular weight excluding hydrogens is 216 g/mol. The minimum atomic E-state index is -0.964. The molecule has 1 rings (SSSR count). The van der Waals surface area contributed by atoms with Gasteiger partial charge >= 0.3 is 0 Å². The van der Waals surface area contributed by atoms with Gasteiger partial charge < -0.3 is 0 Å². The lowest BCUT2D eigenvalue weighted by Crippen LogP contribution is -2.29. The lowest BCUT2D eigenvalue weighted by molar-refractivity contribution is 0.529. The SMILES string of the molecule is O=N[C@@H]1C=C[C@@H](N=O)[C@H](N=O)C[CH+][C@H]1N=O. The molecule has 0 saturated heterocycles. The Hall–Kier alpha value is -1.99. The monoisotopic (exact) mass is 225 g/mol. The molecule has 0 N–H and O–H groups in total. The average molecular weight is 225 g/mol. The Kier molecular flexibility index (Phi) is 4.37. The van der Waals surface area contributed by atoms with Crippen LogP contribution in [-0.2, 0) is 0 Å². The van der Waals surface area contributed by atoms with E-state index in [2.05, 4.69) is 20.7 Å². The van der Waals surface area contributed by atoms with Crippen LogP contribution in [0.25, 0.3) is 0 Å². The molecule has 0 spiro atoms. The van der Waals surface area contributed by atoms with Crippen LogP contribution in [0.2, 0.25) is 0 Å².